The van der Waals surface area contributed by atoms with Crippen molar-refractivity contribution in [1.82, 2.24) is 5.32 Å². The van der Waals surface area contributed by atoms with Crippen LogP contribution in [-0.2, 0) is 6.54 Å². The van der Waals surface area contributed by atoms with Crippen LogP contribution in [0.5, 0.6) is 11.5 Å². The second kappa shape index (κ2) is 7.62. The van der Waals surface area contributed by atoms with Crippen molar-refractivity contribution < 1.29 is 23.4 Å². The van der Waals surface area contributed by atoms with Crippen LogP contribution in [0.25, 0.3) is 0 Å². The van der Waals surface area contributed by atoms with E-state index in [2.05, 4.69) is 26.0 Å². The molecule has 1 aromatic rings. The van der Waals surface area contributed by atoms with E-state index in [1.807, 2.05) is 6.92 Å². The molecule has 0 aliphatic rings. The molecule has 0 aliphatic heterocycles. The molecule has 0 fully saturated rings. The summed E-state index contributed by atoms with van der Waals surface area (Å²) in [4.78, 5) is 0. The quantitative estimate of drug-likeness (QED) is 0.801. The topological polar surface area (TPSA) is 50.7 Å². The molecule has 1 rings (SSSR count). The van der Waals surface area contributed by atoms with Crippen molar-refractivity contribution in [2.45, 2.75) is 26.1 Å². The van der Waals surface area contributed by atoms with Gasteiger partial charge in [-0.15, -0.1) is 0 Å². The minimum Gasteiger partial charge on any atom is -0.493 e. The van der Waals surface area contributed by atoms with Gasteiger partial charge in [0.2, 0.25) is 0 Å². The number of alkyl halides is 2. The van der Waals surface area contributed by atoms with Crippen molar-refractivity contribution in [3.05, 3.63) is 22.2 Å². The van der Waals surface area contributed by atoms with Gasteiger partial charge in [0.05, 0.1) is 18.2 Å². The zero-order valence-electron chi connectivity index (χ0n) is 10.6. The lowest BCUT2D eigenvalue weighted by Gasteiger charge is -2.15. The fourth-order valence-corrected chi connectivity index (χ4v) is 2.02. The van der Waals surface area contributed by atoms with Crippen LogP contribution in [0, 0.1) is 0 Å². The van der Waals surface area contributed by atoms with E-state index >= 15 is 0 Å². The highest BCUT2D eigenvalue weighted by Gasteiger charge is 2.16. The number of aliphatic hydroxyl groups is 1. The molecule has 7 heteroatoms. The van der Waals surface area contributed by atoms with Crippen LogP contribution < -0.4 is 14.8 Å². The van der Waals surface area contributed by atoms with Gasteiger partial charge in [-0.05, 0) is 40.5 Å². The highest BCUT2D eigenvalue weighted by molar-refractivity contribution is 9.10. The SMILES string of the molecule is COc1cc(CN[C@H](C)CO)cc(Br)c1OC(F)F. The number of halogens is 3. The Balaban J connectivity index is 2.89. The Hall–Kier alpha value is -0.920. The molecule has 19 heavy (non-hydrogen) atoms. The number of hydrogen-bond donors (Lipinski definition) is 2. The summed E-state index contributed by atoms with van der Waals surface area (Å²) in [5.74, 6) is 0.194. The summed E-state index contributed by atoms with van der Waals surface area (Å²) in [6.45, 7) is -0.583. The van der Waals surface area contributed by atoms with Crippen LogP contribution >= 0.6 is 15.9 Å². The summed E-state index contributed by atoms with van der Waals surface area (Å²) in [7, 11) is 1.38. The lowest BCUT2D eigenvalue weighted by molar-refractivity contribution is -0.0517. The van der Waals surface area contributed by atoms with E-state index in [1.165, 1.54) is 7.11 Å². The lowest BCUT2D eigenvalue weighted by atomic mass is 10.2. The lowest BCUT2D eigenvalue weighted by Crippen LogP contribution is -2.28. The Kier molecular flexibility index (Phi) is 6.47. The third kappa shape index (κ3) is 4.93. The zero-order chi connectivity index (χ0) is 14.4. The molecule has 0 saturated heterocycles. The average Bonchev–Trinajstić information content (AvgIpc) is 2.37. The van der Waals surface area contributed by atoms with Gasteiger partial charge < -0.3 is 19.9 Å². The Labute approximate surface area is 118 Å². The minimum absolute atomic E-state index is 0.0187. The van der Waals surface area contributed by atoms with Gasteiger partial charge >= 0.3 is 6.61 Å². The van der Waals surface area contributed by atoms with E-state index in [1.54, 1.807) is 12.1 Å². The Morgan fingerprint density at radius 1 is 1.42 bits per heavy atom. The van der Waals surface area contributed by atoms with E-state index in [0.717, 1.165) is 5.56 Å². The molecule has 0 unspecified atom stereocenters. The normalized spacial score (nSPS) is 12.6. The summed E-state index contributed by atoms with van der Waals surface area (Å²) in [5, 5.41) is 12.0. The van der Waals surface area contributed by atoms with E-state index in [0.29, 0.717) is 11.0 Å². The van der Waals surface area contributed by atoms with Gasteiger partial charge in [0.15, 0.2) is 11.5 Å². The van der Waals surface area contributed by atoms with Crippen LogP contribution in [0.2, 0.25) is 0 Å². The van der Waals surface area contributed by atoms with Crippen molar-refractivity contribution in [3.8, 4) is 11.5 Å². The van der Waals surface area contributed by atoms with Crippen molar-refractivity contribution in [1.29, 1.82) is 0 Å². The third-order valence-corrected chi connectivity index (χ3v) is 3.01. The number of nitrogens with one attached hydrogen (secondary N) is 1. The average molecular weight is 340 g/mol. The van der Waals surface area contributed by atoms with Gasteiger partial charge in [-0.25, -0.2) is 0 Å². The molecule has 0 amide bonds. The maximum atomic E-state index is 12.3. The molecule has 0 bridgehead atoms. The maximum Gasteiger partial charge on any atom is 0.387 e. The number of rotatable bonds is 7. The molecular weight excluding hydrogens is 324 g/mol. The summed E-state index contributed by atoms with van der Waals surface area (Å²) in [6.07, 6.45) is 0. The number of methoxy groups -OCH3 is 1. The first-order chi connectivity index (χ1) is 8.97. The largest absolute Gasteiger partial charge is 0.493 e. The third-order valence-electron chi connectivity index (χ3n) is 2.42. The Morgan fingerprint density at radius 2 is 2.11 bits per heavy atom. The standard InChI is InChI=1S/C12H16BrF2NO3/c1-7(6-17)16-5-8-3-9(13)11(19-12(14)15)10(4-8)18-2/h3-4,7,12,16-17H,5-6H2,1-2H3/t7-/m1/s1. The molecule has 4 nitrogen and oxygen atoms in total. The molecule has 2 N–H and O–H groups in total. The molecule has 0 aromatic heterocycles. The molecular formula is C12H16BrF2NO3. The van der Waals surface area contributed by atoms with Crippen molar-refractivity contribution in [2.24, 2.45) is 0 Å². The van der Waals surface area contributed by atoms with E-state index in [4.69, 9.17) is 9.84 Å². The number of benzene rings is 1. The number of hydrogen-bond acceptors (Lipinski definition) is 4. The molecule has 108 valence electrons. The fraction of sp³-hybridized carbons (Fsp3) is 0.500. The monoisotopic (exact) mass is 339 g/mol. The number of aliphatic hydroxyl groups excluding tert-OH is 1. The smallest absolute Gasteiger partial charge is 0.387 e. The van der Waals surface area contributed by atoms with Gasteiger partial charge in [0.25, 0.3) is 0 Å². The highest BCUT2D eigenvalue weighted by Crippen LogP contribution is 2.37. The van der Waals surface area contributed by atoms with Crippen LogP contribution in [0.4, 0.5) is 8.78 Å². The Bertz CT molecular complexity index is 418. The first kappa shape index (κ1) is 16.1. The second-order valence-corrected chi connectivity index (χ2v) is 4.81. The molecule has 0 heterocycles. The summed E-state index contributed by atoms with van der Waals surface area (Å²) in [5.41, 5.74) is 0.825. The molecule has 1 atom stereocenters. The van der Waals surface area contributed by atoms with Gasteiger partial charge in [-0.1, -0.05) is 0 Å². The van der Waals surface area contributed by atoms with E-state index < -0.39 is 6.61 Å². The highest BCUT2D eigenvalue weighted by atomic mass is 79.9. The predicted molar refractivity (Wildman–Crippen MR) is 70.7 cm³/mol. The van der Waals surface area contributed by atoms with Crippen LogP contribution in [0.3, 0.4) is 0 Å². The Morgan fingerprint density at radius 3 is 2.63 bits per heavy atom. The van der Waals surface area contributed by atoms with Gasteiger partial charge in [-0.2, -0.15) is 8.78 Å². The second-order valence-electron chi connectivity index (χ2n) is 3.95. The van der Waals surface area contributed by atoms with Gasteiger partial charge in [-0.3, -0.25) is 0 Å². The first-order valence-electron chi connectivity index (χ1n) is 5.63. The molecule has 0 saturated carbocycles. The molecule has 0 spiro atoms. The summed E-state index contributed by atoms with van der Waals surface area (Å²) >= 11 is 3.18. The minimum atomic E-state index is -2.91. The van der Waals surface area contributed by atoms with Crippen LogP contribution in [0.1, 0.15) is 12.5 Å². The first-order valence-corrected chi connectivity index (χ1v) is 6.42. The summed E-state index contributed by atoms with van der Waals surface area (Å²) in [6, 6.07) is 3.22. The predicted octanol–water partition coefficient (Wildman–Crippen LogP) is 2.53. The van der Waals surface area contributed by atoms with Crippen molar-refractivity contribution >= 4 is 15.9 Å². The zero-order valence-corrected chi connectivity index (χ0v) is 12.2. The van der Waals surface area contributed by atoms with Crippen LogP contribution in [-0.4, -0.2) is 31.5 Å². The van der Waals surface area contributed by atoms with E-state index in [9.17, 15) is 8.78 Å². The maximum absolute atomic E-state index is 12.3. The molecule has 1 aromatic carbocycles. The van der Waals surface area contributed by atoms with Gasteiger partial charge in [0, 0.05) is 12.6 Å². The van der Waals surface area contributed by atoms with Crippen molar-refractivity contribution in [2.75, 3.05) is 13.7 Å². The van der Waals surface area contributed by atoms with Gasteiger partial charge in [0.1, 0.15) is 0 Å². The van der Waals surface area contributed by atoms with E-state index in [-0.39, 0.29) is 24.1 Å². The fourth-order valence-electron chi connectivity index (χ4n) is 1.44. The number of ether oxygens (including phenoxy) is 2. The van der Waals surface area contributed by atoms with Crippen molar-refractivity contribution in [3.63, 3.8) is 0 Å². The van der Waals surface area contributed by atoms with Crippen LogP contribution in [0.15, 0.2) is 16.6 Å². The molecule has 0 aliphatic carbocycles. The summed E-state index contributed by atoms with van der Waals surface area (Å²) < 4.78 is 34.4. The molecule has 0 radical (unpaired) electrons.